The Labute approximate surface area is 178 Å². The van der Waals surface area contributed by atoms with Gasteiger partial charge in [-0.25, -0.2) is 9.78 Å². The van der Waals surface area contributed by atoms with Gasteiger partial charge in [0.25, 0.3) is 5.56 Å². The topological polar surface area (TPSA) is 72.7 Å². The first-order chi connectivity index (χ1) is 14.6. The minimum atomic E-state index is -0.325. The Kier molecular flexibility index (Phi) is 5.86. The van der Waals surface area contributed by atoms with Crippen LogP contribution in [0.4, 0.5) is 0 Å². The van der Waals surface area contributed by atoms with Crippen molar-refractivity contribution in [3.8, 4) is 0 Å². The Morgan fingerprint density at radius 3 is 2.47 bits per heavy atom. The summed E-state index contributed by atoms with van der Waals surface area (Å²) in [5.74, 6) is 0.665. The summed E-state index contributed by atoms with van der Waals surface area (Å²) in [5, 5.41) is 0.658. The van der Waals surface area contributed by atoms with E-state index in [2.05, 4.69) is 9.97 Å². The summed E-state index contributed by atoms with van der Waals surface area (Å²) in [5.41, 5.74) is 2.25. The van der Waals surface area contributed by atoms with Crippen LogP contribution in [0.2, 0.25) is 5.02 Å². The van der Waals surface area contributed by atoms with Crippen molar-refractivity contribution in [1.82, 2.24) is 19.1 Å². The molecule has 0 unspecified atom stereocenters. The molecule has 30 heavy (non-hydrogen) atoms. The summed E-state index contributed by atoms with van der Waals surface area (Å²) < 4.78 is 2.89. The van der Waals surface area contributed by atoms with Crippen molar-refractivity contribution < 1.29 is 0 Å². The second-order valence-electron chi connectivity index (χ2n) is 7.32. The van der Waals surface area contributed by atoms with E-state index in [1.807, 2.05) is 61.5 Å². The lowest BCUT2D eigenvalue weighted by molar-refractivity contribution is 0.559. The second kappa shape index (κ2) is 8.71. The monoisotopic (exact) mass is 422 g/mol. The molecular formula is C23H23ClN4O2. The summed E-state index contributed by atoms with van der Waals surface area (Å²) >= 11 is 6.09. The number of halogens is 1. The van der Waals surface area contributed by atoms with Gasteiger partial charge >= 0.3 is 5.69 Å². The van der Waals surface area contributed by atoms with E-state index in [0.29, 0.717) is 54.4 Å². The zero-order valence-corrected chi connectivity index (χ0v) is 17.5. The predicted molar refractivity (Wildman–Crippen MR) is 119 cm³/mol. The van der Waals surface area contributed by atoms with Gasteiger partial charge in [-0.3, -0.25) is 13.9 Å². The third-order valence-corrected chi connectivity index (χ3v) is 5.32. The molecule has 0 atom stereocenters. The molecular weight excluding hydrogens is 400 g/mol. The van der Waals surface area contributed by atoms with Gasteiger partial charge in [0.2, 0.25) is 0 Å². The van der Waals surface area contributed by atoms with Gasteiger partial charge in [-0.1, -0.05) is 61.0 Å². The fourth-order valence-electron chi connectivity index (χ4n) is 3.64. The maximum Gasteiger partial charge on any atom is 0.332 e. The van der Waals surface area contributed by atoms with Crippen LogP contribution in [0.15, 0.2) is 64.2 Å². The van der Waals surface area contributed by atoms with E-state index >= 15 is 0 Å². The molecule has 1 N–H and O–H groups in total. The Morgan fingerprint density at radius 1 is 0.967 bits per heavy atom. The molecule has 2 aromatic carbocycles. The van der Waals surface area contributed by atoms with Crippen LogP contribution in [0.1, 0.15) is 30.3 Å². The van der Waals surface area contributed by atoms with Crippen LogP contribution in [0.3, 0.4) is 0 Å². The molecule has 0 spiro atoms. The van der Waals surface area contributed by atoms with E-state index in [0.717, 1.165) is 11.1 Å². The summed E-state index contributed by atoms with van der Waals surface area (Å²) in [6.45, 7) is 2.73. The molecule has 0 aliphatic rings. The Bertz CT molecular complexity index is 1290. The van der Waals surface area contributed by atoms with Gasteiger partial charge < -0.3 is 4.98 Å². The molecule has 0 fully saturated rings. The number of rotatable bonds is 7. The maximum absolute atomic E-state index is 13.1. The van der Waals surface area contributed by atoms with Gasteiger partial charge in [-0.15, -0.1) is 0 Å². The highest BCUT2D eigenvalue weighted by Gasteiger charge is 2.17. The molecule has 4 aromatic rings. The largest absolute Gasteiger partial charge is 0.336 e. The third kappa shape index (κ3) is 4.09. The Balaban J connectivity index is 1.78. The van der Waals surface area contributed by atoms with Crippen LogP contribution in [-0.2, 0) is 25.9 Å². The summed E-state index contributed by atoms with van der Waals surface area (Å²) in [4.78, 5) is 33.8. The van der Waals surface area contributed by atoms with E-state index in [-0.39, 0.29) is 11.2 Å². The second-order valence-corrected chi connectivity index (χ2v) is 7.75. The van der Waals surface area contributed by atoms with E-state index < -0.39 is 0 Å². The minimum Gasteiger partial charge on any atom is -0.336 e. The number of aryl methyl sites for hydroxylation is 2. The first-order valence-corrected chi connectivity index (χ1v) is 10.4. The lowest BCUT2D eigenvalue weighted by Crippen LogP contribution is -2.40. The van der Waals surface area contributed by atoms with Crippen LogP contribution in [0, 0.1) is 0 Å². The number of imidazole rings is 1. The lowest BCUT2D eigenvalue weighted by Gasteiger charge is -2.11. The van der Waals surface area contributed by atoms with Crippen LogP contribution in [0.25, 0.3) is 11.2 Å². The summed E-state index contributed by atoms with van der Waals surface area (Å²) in [6, 6.07) is 17.5. The van der Waals surface area contributed by atoms with Gasteiger partial charge in [-0.05, 0) is 36.1 Å². The molecule has 2 aromatic heterocycles. The normalized spacial score (nSPS) is 11.3. The maximum atomic E-state index is 13.1. The molecule has 0 saturated heterocycles. The van der Waals surface area contributed by atoms with Crippen molar-refractivity contribution in [2.24, 2.45) is 0 Å². The van der Waals surface area contributed by atoms with E-state index in [4.69, 9.17) is 11.6 Å². The van der Waals surface area contributed by atoms with Crippen molar-refractivity contribution in [2.45, 2.75) is 39.3 Å². The summed E-state index contributed by atoms with van der Waals surface area (Å²) in [7, 11) is 0. The fourth-order valence-corrected chi connectivity index (χ4v) is 3.86. The first kappa shape index (κ1) is 20.2. The van der Waals surface area contributed by atoms with E-state index in [9.17, 15) is 9.59 Å². The SMILES string of the molecule is CCCn1c(=O)c2[nH]c(Cc3ccccc3)nc2n(CCc2cccc(Cl)c2)c1=O. The van der Waals surface area contributed by atoms with Crippen LogP contribution in [-0.4, -0.2) is 19.1 Å². The number of nitrogens with zero attached hydrogens (tertiary/aromatic N) is 3. The summed E-state index contributed by atoms with van der Waals surface area (Å²) in [6.07, 6.45) is 1.87. The number of hydrogen-bond acceptors (Lipinski definition) is 3. The van der Waals surface area contributed by atoms with Crippen molar-refractivity contribution in [2.75, 3.05) is 0 Å². The first-order valence-electron chi connectivity index (χ1n) is 10.1. The van der Waals surface area contributed by atoms with Gasteiger partial charge in [0, 0.05) is 24.5 Å². The minimum absolute atomic E-state index is 0.317. The molecule has 2 heterocycles. The van der Waals surface area contributed by atoms with Crippen molar-refractivity contribution >= 4 is 22.8 Å². The molecule has 0 saturated carbocycles. The van der Waals surface area contributed by atoms with Gasteiger partial charge in [0.05, 0.1) is 0 Å². The Morgan fingerprint density at radius 2 is 1.73 bits per heavy atom. The van der Waals surface area contributed by atoms with Crippen LogP contribution < -0.4 is 11.2 Å². The molecule has 0 amide bonds. The molecule has 0 bridgehead atoms. The smallest absolute Gasteiger partial charge is 0.332 e. The number of hydrogen-bond donors (Lipinski definition) is 1. The predicted octanol–water partition coefficient (Wildman–Crippen LogP) is 3.78. The fraction of sp³-hybridized carbons (Fsp3) is 0.261. The van der Waals surface area contributed by atoms with Crippen molar-refractivity contribution in [3.63, 3.8) is 0 Å². The Hall–Kier alpha value is -3.12. The number of aromatic nitrogens is 4. The highest BCUT2D eigenvalue weighted by atomic mass is 35.5. The molecule has 7 heteroatoms. The highest BCUT2D eigenvalue weighted by molar-refractivity contribution is 6.30. The molecule has 0 aliphatic carbocycles. The number of benzene rings is 2. The third-order valence-electron chi connectivity index (χ3n) is 5.08. The van der Waals surface area contributed by atoms with Crippen molar-refractivity contribution in [3.05, 3.63) is 97.4 Å². The average Bonchev–Trinajstić information content (AvgIpc) is 3.15. The quantitative estimate of drug-likeness (QED) is 0.492. The van der Waals surface area contributed by atoms with Crippen LogP contribution >= 0.6 is 11.6 Å². The number of aromatic amines is 1. The molecule has 0 aliphatic heterocycles. The number of fused-ring (bicyclic) bond motifs is 1. The van der Waals surface area contributed by atoms with E-state index in [1.54, 1.807) is 4.57 Å². The van der Waals surface area contributed by atoms with E-state index in [1.165, 1.54) is 4.57 Å². The van der Waals surface area contributed by atoms with Gasteiger partial charge in [-0.2, -0.15) is 0 Å². The molecule has 154 valence electrons. The zero-order valence-electron chi connectivity index (χ0n) is 16.8. The molecule has 6 nitrogen and oxygen atoms in total. The van der Waals surface area contributed by atoms with Crippen molar-refractivity contribution in [1.29, 1.82) is 0 Å². The number of nitrogens with one attached hydrogen (secondary N) is 1. The number of H-pyrrole nitrogens is 1. The lowest BCUT2D eigenvalue weighted by atomic mass is 10.1. The molecule has 0 radical (unpaired) electrons. The standard InChI is InChI=1S/C23H23ClN4O2/c1-2-12-28-22(29)20-21(26-19(25-20)15-16-7-4-3-5-8-16)27(23(28)30)13-11-17-9-6-10-18(24)14-17/h3-10,14H,2,11-13,15H2,1H3,(H,25,26). The van der Waals surface area contributed by atoms with Gasteiger partial charge in [0.1, 0.15) is 11.3 Å². The average molecular weight is 423 g/mol. The molecule has 4 rings (SSSR count). The van der Waals surface area contributed by atoms with Crippen LogP contribution in [0.5, 0.6) is 0 Å². The zero-order chi connectivity index (χ0) is 21.1. The highest BCUT2D eigenvalue weighted by Crippen LogP contribution is 2.14. The van der Waals surface area contributed by atoms with Gasteiger partial charge in [0.15, 0.2) is 5.65 Å².